The van der Waals surface area contributed by atoms with Gasteiger partial charge in [0.15, 0.2) is 0 Å². The van der Waals surface area contributed by atoms with E-state index in [4.69, 9.17) is 5.73 Å². The van der Waals surface area contributed by atoms with Crippen LogP contribution in [0, 0.1) is 0 Å². The Hall–Kier alpha value is -0.780. The lowest BCUT2D eigenvalue weighted by atomic mass is 9.81. The third-order valence-corrected chi connectivity index (χ3v) is 3.11. The number of carbonyl (C=O) groups excluding carboxylic acids is 1. The van der Waals surface area contributed by atoms with Crippen molar-refractivity contribution in [3.8, 4) is 0 Å². The average molecular weight is 252 g/mol. The number of carbonyl (C=O) groups is 1. The SMILES string of the molecule is CC(CC(F)(F)F)NC(=O)C1(N)CCCCC1. The monoisotopic (exact) mass is 252 g/mol. The van der Waals surface area contributed by atoms with Gasteiger partial charge in [-0.05, 0) is 19.8 Å². The van der Waals surface area contributed by atoms with Crippen molar-refractivity contribution >= 4 is 5.91 Å². The molecule has 1 rings (SSSR count). The van der Waals surface area contributed by atoms with Gasteiger partial charge in [-0.1, -0.05) is 19.3 Å². The Balaban J connectivity index is 2.47. The first kappa shape index (κ1) is 14.3. The molecule has 0 radical (unpaired) electrons. The molecular formula is C11H19F3N2O. The van der Waals surface area contributed by atoms with Gasteiger partial charge in [-0.15, -0.1) is 0 Å². The predicted molar refractivity (Wildman–Crippen MR) is 58.3 cm³/mol. The molecule has 6 heteroatoms. The van der Waals surface area contributed by atoms with E-state index in [1.807, 2.05) is 0 Å². The van der Waals surface area contributed by atoms with Gasteiger partial charge in [0.2, 0.25) is 5.91 Å². The number of halogens is 3. The van der Waals surface area contributed by atoms with Crippen LogP contribution in [0.5, 0.6) is 0 Å². The molecule has 3 nitrogen and oxygen atoms in total. The highest BCUT2D eigenvalue weighted by Crippen LogP contribution is 2.27. The fraction of sp³-hybridized carbons (Fsp3) is 0.909. The maximum Gasteiger partial charge on any atom is 0.391 e. The van der Waals surface area contributed by atoms with Crippen LogP contribution < -0.4 is 11.1 Å². The second kappa shape index (κ2) is 5.25. The van der Waals surface area contributed by atoms with Crippen molar-refractivity contribution in [3.63, 3.8) is 0 Å². The minimum atomic E-state index is -4.26. The molecule has 0 aromatic heterocycles. The van der Waals surface area contributed by atoms with E-state index in [1.165, 1.54) is 6.92 Å². The Morgan fingerprint density at radius 1 is 1.35 bits per heavy atom. The molecule has 0 spiro atoms. The molecule has 0 aromatic rings. The summed E-state index contributed by atoms with van der Waals surface area (Å²) in [5, 5.41) is 2.36. The van der Waals surface area contributed by atoms with Crippen LogP contribution in [0.3, 0.4) is 0 Å². The summed E-state index contributed by atoms with van der Waals surface area (Å²) in [7, 11) is 0. The highest BCUT2D eigenvalue weighted by atomic mass is 19.4. The van der Waals surface area contributed by atoms with E-state index >= 15 is 0 Å². The van der Waals surface area contributed by atoms with Gasteiger partial charge in [0.05, 0.1) is 12.0 Å². The maximum atomic E-state index is 12.1. The highest BCUT2D eigenvalue weighted by molar-refractivity contribution is 5.86. The molecule has 1 aliphatic carbocycles. The van der Waals surface area contributed by atoms with Gasteiger partial charge >= 0.3 is 6.18 Å². The first-order valence-corrected chi connectivity index (χ1v) is 5.89. The van der Waals surface area contributed by atoms with Crippen LogP contribution in [0.15, 0.2) is 0 Å². The molecule has 100 valence electrons. The molecule has 0 bridgehead atoms. The molecule has 3 N–H and O–H groups in total. The summed E-state index contributed by atoms with van der Waals surface area (Å²) in [6, 6.07) is -0.926. The van der Waals surface area contributed by atoms with Crippen LogP contribution in [0.25, 0.3) is 0 Å². The number of alkyl halides is 3. The fourth-order valence-electron chi connectivity index (χ4n) is 2.18. The topological polar surface area (TPSA) is 55.1 Å². The van der Waals surface area contributed by atoms with Gasteiger partial charge in [-0.3, -0.25) is 4.79 Å². The number of nitrogens with two attached hydrogens (primary N) is 1. The molecule has 0 heterocycles. The minimum absolute atomic E-state index is 0.450. The largest absolute Gasteiger partial charge is 0.391 e. The number of amides is 1. The minimum Gasteiger partial charge on any atom is -0.352 e. The van der Waals surface area contributed by atoms with Crippen molar-refractivity contribution in [2.75, 3.05) is 0 Å². The van der Waals surface area contributed by atoms with Crippen molar-refractivity contribution in [2.45, 2.75) is 63.2 Å². The normalized spacial score (nSPS) is 21.9. The molecule has 17 heavy (non-hydrogen) atoms. The van der Waals surface area contributed by atoms with Crippen molar-refractivity contribution in [2.24, 2.45) is 5.73 Å². The Kier molecular flexibility index (Phi) is 4.41. The summed E-state index contributed by atoms with van der Waals surface area (Å²) < 4.78 is 36.3. The van der Waals surface area contributed by atoms with Crippen LogP contribution in [0.2, 0.25) is 0 Å². The van der Waals surface area contributed by atoms with Gasteiger partial charge in [0, 0.05) is 6.04 Å². The second-order valence-electron chi connectivity index (χ2n) is 4.91. The van der Waals surface area contributed by atoms with Gasteiger partial charge in [0.1, 0.15) is 0 Å². The van der Waals surface area contributed by atoms with E-state index in [0.29, 0.717) is 12.8 Å². The molecule has 1 amide bonds. The van der Waals surface area contributed by atoms with Crippen molar-refractivity contribution in [1.29, 1.82) is 0 Å². The van der Waals surface area contributed by atoms with Crippen LogP contribution in [0.4, 0.5) is 13.2 Å². The summed E-state index contributed by atoms with van der Waals surface area (Å²) in [6.07, 6.45) is -1.43. The zero-order chi connectivity index (χ0) is 13.1. The van der Waals surface area contributed by atoms with Crippen LogP contribution >= 0.6 is 0 Å². The third-order valence-electron chi connectivity index (χ3n) is 3.11. The summed E-state index contributed by atoms with van der Waals surface area (Å²) in [5.41, 5.74) is 4.95. The molecule has 0 aliphatic heterocycles. The Morgan fingerprint density at radius 3 is 2.35 bits per heavy atom. The summed E-state index contributed by atoms with van der Waals surface area (Å²) in [6.45, 7) is 1.34. The standard InChI is InChI=1S/C11H19F3N2O/c1-8(7-11(12,13)14)16-9(17)10(15)5-3-2-4-6-10/h8H,2-7,15H2,1H3,(H,16,17). The summed E-state index contributed by atoms with van der Waals surface area (Å²) >= 11 is 0. The Morgan fingerprint density at radius 2 is 1.88 bits per heavy atom. The predicted octanol–water partition coefficient (Wildman–Crippen LogP) is 2.11. The van der Waals surface area contributed by atoms with E-state index < -0.39 is 30.1 Å². The number of rotatable bonds is 3. The van der Waals surface area contributed by atoms with Gasteiger partial charge in [0.25, 0.3) is 0 Å². The lowest BCUT2D eigenvalue weighted by Gasteiger charge is -2.33. The first-order chi connectivity index (χ1) is 7.73. The number of hydrogen-bond donors (Lipinski definition) is 2. The third kappa shape index (κ3) is 4.53. The van der Waals surface area contributed by atoms with E-state index in [1.54, 1.807) is 0 Å². The fourth-order valence-corrected chi connectivity index (χ4v) is 2.18. The summed E-state index contributed by atoms with van der Waals surface area (Å²) in [5.74, 6) is -0.450. The molecular weight excluding hydrogens is 233 g/mol. The van der Waals surface area contributed by atoms with Crippen LogP contribution in [-0.2, 0) is 4.79 Å². The Bertz CT molecular complexity index is 272. The lowest BCUT2D eigenvalue weighted by Crippen LogP contribution is -2.57. The van der Waals surface area contributed by atoms with Crippen LogP contribution in [-0.4, -0.2) is 23.7 Å². The molecule has 1 unspecified atom stereocenters. The average Bonchev–Trinajstić information content (AvgIpc) is 2.15. The van der Waals surface area contributed by atoms with E-state index in [9.17, 15) is 18.0 Å². The smallest absolute Gasteiger partial charge is 0.352 e. The molecule has 0 saturated heterocycles. The number of hydrogen-bond acceptors (Lipinski definition) is 2. The second-order valence-corrected chi connectivity index (χ2v) is 4.91. The van der Waals surface area contributed by atoms with Gasteiger partial charge in [-0.2, -0.15) is 13.2 Å². The van der Waals surface area contributed by atoms with Gasteiger partial charge < -0.3 is 11.1 Å². The first-order valence-electron chi connectivity index (χ1n) is 5.89. The van der Waals surface area contributed by atoms with Crippen molar-refractivity contribution < 1.29 is 18.0 Å². The molecule has 0 aromatic carbocycles. The molecule has 1 atom stereocenters. The summed E-state index contributed by atoms with van der Waals surface area (Å²) in [4.78, 5) is 11.8. The quantitative estimate of drug-likeness (QED) is 0.808. The highest BCUT2D eigenvalue weighted by Gasteiger charge is 2.37. The number of nitrogens with one attached hydrogen (secondary N) is 1. The Labute approximate surface area is 98.9 Å². The van der Waals surface area contributed by atoms with E-state index in [2.05, 4.69) is 5.32 Å². The van der Waals surface area contributed by atoms with Gasteiger partial charge in [-0.25, -0.2) is 0 Å². The zero-order valence-corrected chi connectivity index (χ0v) is 9.94. The van der Waals surface area contributed by atoms with E-state index in [-0.39, 0.29) is 0 Å². The van der Waals surface area contributed by atoms with Crippen LogP contribution in [0.1, 0.15) is 45.4 Å². The molecule has 1 aliphatic rings. The molecule has 1 fully saturated rings. The zero-order valence-electron chi connectivity index (χ0n) is 9.94. The lowest BCUT2D eigenvalue weighted by molar-refractivity contribution is -0.142. The van der Waals surface area contributed by atoms with E-state index in [0.717, 1.165) is 19.3 Å². The van der Waals surface area contributed by atoms with Crippen molar-refractivity contribution in [3.05, 3.63) is 0 Å². The van der Waals surface area contributed by atoms with Crippen molar-refractivity contribution in [1.82, 2.24) is 5.32 Å². The maximum absolute atomic E-state index is 12.1. The molecule has 1 saturated carbocycles.